The van der Waals surface area contributed by atoms with Crippen molar-refractivity contribution in [1.29, 1.82) is 0 Å². The van der Waals surface area contributed by atoms with Crippen LogP contribution >= 0.6 is 59.0 Å². The number of hydrogen-bond acceptors (Lipinski definition) is 3. The van der Waals surface area contributed by atoms with E-state index in [2.05, 4.69) is 63.1 Å². The van der Waals surface area contributed by atoms with E-state index in [9.17, 15) is 0 Å². The van der Waals surface area contributed by atoms with E-state index in [0.29, 0.717) is 6.04 Å². The van der Waals surface area contributed by atoms with Crippen molar-refractivity contribution in [1.82, 2.24) is 10.2 Å². The zero-order valence-electron chi connectivity index (χ0n) is 16.5. The lowest BCUT2D eigenvalue weighted by Crippen LogP contribution is -2.41. The molecule has 0 atom stereocenters. The van der Waals surface area contributed by atoms with Gasteiger partial charge in [-0.1, -0.05) is 41.9 Å². The second kappa shape index (κ2) is 12.3. The molecule has 1 fully saturated rings. The number of hydrogen-bond donors (Lipinski definition) is 1. The molecular formula is C23H26Cl3IN2O. The Morgan fingerprint density at radius 1 is 1.00 bits per heavy atom. The van der Waals surface area contributed by atoms with Gasteiger partial charge in [-0.15, -0.1) is 24.8 Å². The summed E-state index contributed by atoms with van der Waals surface area (Å²) in [6, 6.07) is 21.3. The summed E-state index contributed by atoms with van der Waals surface area (Å²) in [5.41, 5.74) is 2.34. The molecule has 0 saturated carbocycles. The second-order valence-electron chi connectivity index (χ2n) is 7.31. The summed E-state index contributed by atoms with van der Waals surface area (Å²) in [5.74, 6) is 1.78. The first-order valence-electron chi connectivity index (χ1n) is 9.71. The number of rotatable bonds is 6. The Labute approximate surface area is 209 Å². The Hall–Kier alpha value is -0.760. The molecule has 2 heterocycles. The average molecular weight is 580 g/mol. The predicted octanol–water partition coefficient (Wildman–Crippen LogP) is 6.80. The van der Waals surface area contributed by atoms with Gasteiger partial charge in [0.05, 0.1) is 11.6 Å². The predicted molar refractivity (Wildman–Crippen MR) is 138 cm³/mol. The van der Waals surface area contributed by atoms with E-state index >= 15 is 0 Å². The summed E-state index contributed by atoms with van der Waals surface area (Å²) in [4.78, 5) is 2.54. The van der Waals surface area contributed by atoms with E-state index in [1.807, 2.05) is 30.3 Å². The number of nitrogens with zero attached hydrogens (tertiary/aromatic N) is 1. The van der Waals surface area contributed by atoms with Gasteiger partial charge in [0.25, 0.3) is 0 Å². The molecule has 1 N–H and O–H groups in total. The van der Waals surface area contributed by atoms with Crippen LogP contribution < -0.4 is 5.32 Å². The van der Waals surface area contributed by atoms with Gasteiger partial charge < -0.3 is 9.73 Å². The Morgan fingerprint density at radius 3 is 2.43 bits per heavy atom. The molecule has 0 bridgehead atoms. The van der Waals surface area contributed by atoms with Gasteiger partial charge in [0.1, 0.15) is 11.5 Å². The van der Waals surface area contributed by atoms with Crippen molar-refractivity contribution in [3.05, 3.63) is 80.6 Å². The molecule has 1 aliphatic heterocycles. The van der Waals surface area contributed by atoms with Gasteiger partial charge in [0.15, 0.2) is 0 Å². The van der Waals surface area contributed by atoms with Crippen LogP contribution in [0.3, 0.4) is 0 Å². The summed E-state index contributed by atoms with van der Waals surface area (Å²) in [7, 11) is 0. The summed E-state index contributed by atoms with van der Waals surface area (Å²) in [5, 5.41) is 4.38. The molecule has 7 heteroatoms. The number of likely N-dealkylation sites (tertiary alicyclic amines) is 1. The SMILES string of the molecule is Cl.Cl.Clc1cc(I)ccc1-c1ccc(CNC2CCN(Cc3ccccc3)CC2)o1. The molecule has 0 spiro atoms. The fourth-order valence-electron chi connectivity index (χ4n) is 3.69. The summed E-state index contributed by atoms with van der Waals surface area (Å²) < 4.78 is 7.15. The Kier molecular flexibility index (Phi) is 10.5. The molecule has 162 valence electrons. The van der Waals surface area contributed by atoms with Crippen LogP contribution in [0.5, 0.6) is 0 Å². The van der Waals surface area contributed by atoms with Crippen LogP contribution in [0.15, 0.2) is 65.1 Å². The van der Waals surface area contributed by atoms with Gasteiger partial charge in [-0.2, -0.15) is 0 Å². The van der Waals surface area contributed by atoms with Crippen LogP contribution in [-0.4, -0.2) is 24.0 Å². The lowest BCUT2D eigenvalue weighted by Gasteiger charge is -2.32. The van der Waals surface area contributed by atoms with Crippen molar-refractivity contribution in [3.8, 4) is 11.3 Å². The van der Waals surface area contributed by atoms with E-state index < -0.39 is 0 Å². The van der Waals surface area contributed by atoms with Crippen LogP contribution in [0, 0.1) is 3.57 Å². The molecule has 1 aliphatic rings. The molecule has 0 unspecified atom stereocenters. The van der Waals surface area contributed by atoms with Crippen molar-refractivity contribution in [2.45, 2.75) is 32.0 Å². The minimum atomic E-state index is 0. The fraction of sp³-hybridized carbons (Fsp3) is 0.304. The zero-order chi connectivity index (χ0) is 19.3. The molecule has 3 nitrogen and oxygen atoms in total. The van der Waals surface area contributed by atoms with Gasteiger partial charge in [0, 0.05) is 21.7 Å². The van der Waals surface area contributed by atoms with Crippen LogP contribution in [0.4, 0.5) is 0 Å². The monoisotopic (exact) mass is 578 g/mol. The lowest BCUT2D eigenvalue weighted by molar-refractivity contribution is 0.189. The van der Waals surface area contributed by atoms with Crippen molar-refractivity contribution < 1.29 is 4.42 Å². The second-order valence-corrected chi connectivity index (χ2v) is 8.96. The molecule has 1 saturated heterocycles. The third-order valence-corrected chi connectivity index (χ3v) is 6.24. The average Bonchev–Trinajstić information content (AvgIpc) is 3.17. The smallest absolute Gasteiger partial charge is 0.135 e. The van der Waals surface area contributed by atoms with Gasteiger partial charge >= 0.3 is 0 Å². The highest BCUT2D eigenvalue weighted by Gasteiger charge is 2.19. The molecule has 0 radical (unpaired) electrons. The normalized spacial score (nSPS) is 14.7. The fourth-order valence-corrected chi connectivity index (χ4v) is 4.64. The standard InChI is InChI=1S/C23H24ClIN2O.2ClH/c24-22-14-18(25)6-8-21(22)23-9-7-20(28-23)15-26-19-10-12-27(13-11-19)16-17-4-2-1-3-5-17;;/h1-9,14,19,26H,10-13,15-16H2;2*1H. The third-order valence-electron chi connectivity index (χ3n) is 5.26. The number of benzene rings is 2. The highest BCUT2D eigenvalue weighted by Crippen LogP contribution is 2.30. The quantitative estimate of drug-likeness (QED) is 0.326. The molecule has 30 heavy (non-hydrogen) atoms. The first kappa shape index (κ1) is 25.5. The highest BCUT2D eigenvalue weighted by molar-refractivity contribution is 14.1. The van der Waals surface area contributed by atoms with E-state index in [-0.39, 0.29) is 24.8 Å². The summed E-state index contributed by atoms with van der Waals surface area (Å²) in [6.45, 7) is 4.07. The molecule has 4 rings (SSSR count). The van der Waals surface area contributed by atoms with Gasteiger partial charge in [-0.3, -0.25) is 4.90 Å². The number of furan rings is 1. The largest absolute Gasteiger partial charge is 0.460 e. The lowest BCUT2D eigenvalue weighted by atomic mass is 10.0. The number of piperidine rings is 1. The first-order chi connectivity index (χ1) is 13.7. The molecule has 1 aromatic heterocycles. The maximum absolute atomic E-state index is 6.36. The van der Waals surface area contributed by atoms with Crippen LogP contribution in [-0.2, 0) is 13.1 Å². The van der Waals surface area contributed by atoms with Gasteiger partial charge in [-0.05, 0) is 84.4 Å². The van der Waals surface area contributed by atoms with E-state index in [4.69, 9.17) is 16.0 Å². The van der Waals surface area contributed by atoms with Crippen LogP contribution in [0.2, 0.25) is 5.02 Å². The zero-order valence-corrected chi connectivity index (χ0v) is 21.1. The minimum absolute atomic E-state index is 0. The number of nitrogens with one attached hydrogen (secondary N) is 1. The van der Waals surface area contributed by atoms with Crippen molar-refractivity contribution in [2.75, 3.05) is 13.1 Å². The minimum Gasteiger partial charge on any atom is -0.460 e. The van der Waals surface area contributed by atoms with Crippen molar-refractivity contribution >= 4 is 59.0 Å². The van der Waals surface area contributed by atoms with Gasteiger partial charge in [-0.25, -0.2) is 0 Å². The van der Waals surface area contributed by atoms with E-state index in [0.717, 1.165) is 51.9 Å². The van der Waals surface area contributed by atoms with E-state index in [1.165, 1.54) is 18.4 Å². The molecular weight excluding hydrogens is 554 g/mol. The van der Waals surface area contributed by atoms with Crippen LogP contribution in [0.25, 0.3) is 11.3 Å². The molecule has 3 aromatic rings. The summed E-state index contributed by atoms with van der Waals surface area (Å²) >= 11 is 8.62. The summed E-state index contributed by atoms with van der Waals surface area (Å²) in [6.07, 6.45) is 2.34. The maximum Gasteiger partial charge on any atom is 0.135 e. The molecule has 0 amide bonds. The Balaban J connectivity index is 0.00000160. The third kappa shape index (κ3) is 6.87. The van der Waals surface area contributed by atoms with Crippen molar-refractivity contribution in [3.63, 3.8) is 0 Å². The first-order valence-corrected chi connectivity index (χ1v) is 11.2. The Morgan fingerprint density at radius 2 is 1.73 bits per heavy atom. The topological polar surface area (TPSA) is 28.4 Å². The Bertz CT molecular complexity index is 912. The molecule has 2 aromatic carbocycles. The van der Waals surface area contributed by atoms with Crippen LogP contribution in [0.1, 0.15) is 24.2 Å². The van der Waals surface area contributed by atoms with Crippen molar-refractivity contribution in [2.24, 2.45) is 0 Å². The van der Waals surface area contributed by atoms with E-state index in [1.54, 1.807) is 0 Å². The molecule has 0 aliphatic carbocycles. The number of halogens is 4. The maximum atomic E-state index is 6.36. The van der Waals surface area contributed by atoms with Gasteiger partial charge in [0.2, 0.25) is 0 Å². The highest BCUT2D eigenvalue weighted by atomic mass is 127.